The van der Waals surface area contributed by atoms with E-state index in [0.29, 0.717) is 36.4 Å². The summed E-state index contributed by atoms with van der Waals surface area (Å²) >= 11 is 0. The van der Waals surface area contributed by atoms with Crippen LogP contribution in [-0.4, -0.2) is 35.7 Å². The summed E-state index contributed by atoms with van der Waals surface area (Å²) in [6.45, 7) is 1.53. The maximum Gasteiger partial charge on any atom is 0.255 e. The molecule has 1 heterocycles. The summed E-state index contributed by atoms with van der Waals surface area (Å²) in [6, 6.07) is 25.6. The Morgan fingerprint density at radius 3 is 2.18 bits per heavy atom. The van der Waals surface area contributed by atoms with Gasteiger partial charge < -0.3 is 15.5 Å². The van der Waals surface area contributed by atoms with Crippen molar-refractivity contribution < 1.29 is 14.4 Å². The minimum absolute atomic E-state index is 0.0182. The molecule has 3 aromatic carbocycles. The van der Waals surface area contributed by atoms with Gasteiger partial charge in [-0.2, -0.15) is 0 Å². The monoisotopic (exact) mass is 441 g/mol. The lowest BCUT2D eigenvalue weighted by Gasteiger charge is -2.32. The minimum Gasteiger partial charge on any atom is -0.352 e. The van der Waals surface area contributed by atoms with Gasteiger partial charge in [0.1, 0.15) is 0 Å². The molecule has 1 atom stereocenters. The molecule has 4 rings (SSSR count). The van der Waals surface area contributed by atoms with Gasteiger partial charge in [-0.15, -0.1) is 0 Å². The molecule has 33 heavy (non-hydrogen) atoms. The number of nitrogens with zero attached hydrogens (tertiary/aromatic N) is 1. The molecule has 1 aliphatic rings. The number of carbonyl (C=O) groups is 3. The standard InChI is InChI=1S/C27H27N3O3/c31-25(28-18-20-8-3-1-4-9-20)23-12-7-17-30(19-23)27(33)22-13-15-24(16-14-22)29-26(32)21-10-5-2-6-11-21/h1-6,8-11,13-16,23H,7,12,17-19H2,(H,28,31)(H,29,32). The van der Waals surface area contributed by atoms with E-state index in [1.165, 1.54) is 0 Å². The number of piperidine rings is 1. The van der Waals surface area contributed by atoms with E-state index >= 15 is 0 Å². The number of anilines is 1. The fraction of sp³-hybridized carbons (Fsp3) is 0.222. The summed E-state index contributed by atoms with van der Waals surface area (Å²) in [5.41, 5.74) is 2.78. The van der Waals surface area contributed by atoms with Gasteiger partial charge in [-0.3, -0.25) is 14.4 Å². The van der Waals surface area contributed by atoms with Crippen LogP contribution in [0.2, 0.25) is 0 Å². The SMILES string of the molecule is O=C(Nc1ccc(C(=O)N2CCCC(C(=O)NCc3ccccc3)C2)cc1)c1ccccc1. The number of hydrogen-bond acceptors (Lipinski definition) is 3. The van der Waals surface area contributed by atoms with Crippen LogP contribution in [0.4, 0.5) is 5.69 Å². The molecule has 6 heteroatoms. The molecule has 0 radical (unpaired) electrons. The van der Waals surface area contributed by atoms with Gasteiger partial charge in [-0.05, 0) is 54.8 Å². The smallest absolute Gasteiger partial charge is 0.255 e. The van der Waals surface area contributed by atoms with E-state index in [1.54, 1.807) is 41.3 Å². The molecule has 0 aliphatic carbocycles. The summed E-state index contributed by atoms with van der Waals surface area (Å²) < 4.78 is 0. The van der Waals surface area contributed by atoms with Crippen LogP contribution in [-0.2, 0) is 11.3 Å². The summed E-state index contributed by atoms with van der Waals surface area (Å²) in [5.74, 6) is -0.530. The van der Waals surface area contributed by atoms with Gasteiger partial charge in [0.15, 0.2) is 0 Å². The molecule has 6 nitrogen and oxygen atoms in total. The van der Waals surface area contributed by atoms with Crippen molar-refractivity contribution in [3.05, 3.63) is 102 Å². The third kappa shape index (κ3) is 5.86. The third-order valence-corrected chi connectivity index (χ3v) is 5.81. The molecule has 1 unspecified atom stereocenters. The topological polar surface area (TPSA) is 78.5 Å². The number of amides is 3. The number of benzene rings is 3. The van der Waals surface area contributed by atoms with E-state index in [2.05, 4.69) is 10.6 Å². The van der Waals surface area contributed by atoms with Gasteiger partial charge in [0.05, 0.1) is 5.92 Å². The van der Waals surface area contributed by atoms with Crippen molar-refractivity contribution in [3.8, 4) is 0 Å². The molecule has 2 N–H and O–H groups in total. The van der Waals surface area contributed by atoms with Crippen LogP contribution in [0.15, 0.2) is 84.9 Å². The molecule has 3 amide bonds. The van der Waals surface area contributed by atoms with Gasteiger partial charge in [0, 0.05) is 36.4 Å². The highest BCUT2D eigenvalue weighted by atomic mass is 16.2. The molecule has 0 bridgehead atoms. The summed E-state index contributed by atoms with van der Waals surface area (Å²) in [7, 11) is 0. The lowest BCUT2D eigenvalue weighted by molar-refractivity contribution is -0.126. The van der Waals surface area contributed by atoms with Crippen molar-refractivity contribution in [2.45, 2.75) is 19.4 Å². The summed E-state index contributed by atoms with van der Waals surface area (Å²) in [6.07, 6.45) is 1.56. The van der Waals surface area contributed by atoms with Crippen molar-refractivity contribution in [2.75, 3.05) is 18.4 Å². The zero-order valence-electron chi connectivity index (χ0n) is 18.4. The normalized spacial score (nSPS) is 15.5. The highest BCUT2D eigenvalue weighted by Gasteiger charge is 2.28. The predicted molar refractivity (Wildman–Crippen MR) is 128 cm³/mol. The maximum atomic E-state index is 13.0. The van der Waals surface area contributed by atoms with Gasteiger partial charge in [0.2, 0.25) is 5.91 Å². The average Bonchev–Trinajstić information content (AvgIpc) is 2.88. The highest BCUT2D eigenvalue weighted by molar-refractivity contribution is 6.04. The Balaban J connectivity index is 1.32. The molecule has 1 fully saturated rings. The molecule has 0 saturated carbocycles. The van der Waals surface area contributed by atoms with Crippen LogP contribution in [0.25, 0.3) is 0 Å². The predicted octanol–water partition coefficient (Wildman–Crippen LogP) is 4.11. The first-order valence-electron chi connectivity index (χ1n) is 11.2. The number of rotatable bonds is 6. The van der Waals surface area contributed by atoms with E-state index in [4.69, 9.17) is 0 Å². The van der Waals surface area contributed by atoms with Crippen LogP contribution in [0, 0.1) is 5.92 Å². The van der Waals surface area contributed by atoms with Crippen molar-refractivity contribution >= 4 is 23.4 Å². The first-order valence-corrected chi connectivity index (χ1v) is 11.2. The van der Waals surface area contributed by atoms with Crippen LogP contribution in [0.5, 0.6) is 0 Å². The Morgan fingerprint density at radius 2 is 1.48 bits per heavy atom. The molecular weight excluding hydrogens is 414 g/mol. The lowest BCUT2D eigenvalue weighted by Crippen LogP contribution is -2.45. The second kappa shape index (κ2) is 10.6. The van der Waals surface area contributed by atoms with E-state index in [9.17, 15) is 14.4 Å². The zero-order valence-corrected chi connectivity index (χ0v) is 18.4. The number of nitrogens with one attached hydrogen (secondary N) is 2. The van der Waals surface area contributed by atoms with Crippen molar-refractivity contribution in [2.24, 2.45) is 5.92 Å². The Kier molecular flexibility index (Phi) is 7.15. The lowest BCUT2D eigenvalue weighted by atomic mass is 9.96. The number of hydrogen-bond donors (Lipinski definition) is 2. The molecule has 0 spiro atoms. The number of carbonyl (C=O) groups excluding carboxylic acids is 3. The van der Waals surface area contributed by atoms with E-state index in [1.807, 2.05) is 48.5 Å². The minimum atomic E-state index is -0.212. The van der Waals surface area contributed by atoms with E-state index < -0.39 is 0 Å². The molecule has 168 valence electrons. The van der Waals surface area contributed by atoms with Gasteiger partial charge >= 0.3 is 0 Å². The van der Waals surface area contributed by atoms with Crippen LogP contribution in [0.3, 0.4) is 0 Å². The van der Waals surface area contributed by atoms with Crippen molar-refractivity contribution in [1.29, 1.82) is 0 Å². The highest BCUT2D eigenvalue weighted by Crippen LogP contribution is 2.20. The van der Waals surface area contributed by atoms with Crippen LogP contribution < -0.4 is 10.6 Å². The second-order valence-electron chi connectivity index (χ2n) is 8.19. The Labute approximate surface area is 193 Å². The Hall–Kier alpha value is -3.93. The molecule has 0 aromatic heterocycles. The first-order chi connectivity index (χ1) is 16.1. The van der Waals surface area contributed by atoms with E-state index in [0.717, 1.165) is 18.4 Å². The average molecular weight is 442 g/mol. The number of likely N-dealkylation sites (tertiary alicyclic amines) is 1. The van der Waals surface area contributed by atoms with Crippen LogP contribution in [0.1, 0.15) is 39.1 Å². The molecule has 1 saturated heterocycles. The Bertz CT molecular complexity index is 1100. The second-order valence-corrected chi connectivity index (χ2v) is 8.19. The van der Waals surface area contributed by atoms with Gasteiger partial charge in [0.25, 0.3) is 11.8 Å². The first kappa shape index (κ1) is 22.3. The molecular formula is C27H27N3O3. The molecule has 3 aromatic rings. The maximum absolute atomic E-state index is 13.0. The van der Waals surface area contributed by atoms with Gasteiger partial charge in [-0.1, -0.05) is 48.5 Å². The van der Waals surface area contributed by atoms with Crippen molar-refractivity contribution in [1.82, 2.24) is 10.2 Å². The quantitative estimate of drug-likeness (QED) is 0.604. The summed E-state index contributed by atoms with van der Waals surface area (Å²) in [5, 5.41) is 5.83. The largest absolute Gasteiger partial charge is 0.352 e. The van der Waals surface area contributed by atoms with Gasteiger partial charge in [-0.25, -0.2) is 0 Å². The zero-order chi connectivity index (χ0) is 23.0. The molecule has 1 aliphatic heterocycles. The fourth-order valence-electron chi connectivity index (χ4n) is 3.98. The summed E-state index contributed by atoms with van der Waals surface area (Å²) in [4.78, 5) is 39.7. The van der Waals surface area contributed by atoms with E-state index in [-0.39, 0.29) is 23.6 Å². The van der Waals surface area contributed by atoms with Crippen molar-refractivity contribution in [3.63, 3.8) is 0 Å². The fourth-order valence-corrected chi connectivity index (χ4v) is 3.98. The Morgan fingerprint density at radius 1 is 0.818 bits per heavy atom. The van der Waals surface area contributed by atoms with Crippen LogP contribution >= 0.6 is 0 Å². The third-order valence-electron chi connectivity index (χ3n) is 5.81.